The largest absolute Gasteiger partial charge is 0.366 e. The van der Waals surface area contributed by atoms with E-state index in [9.17, 15) is 9.59 Å². The van der Waals surface area contributed by atoms with Gasteiger partial charge in [0, 0.05) is 29.1 Å². The van der Waals surface area contributed by atoms with Crippen LogP contribution in [0, 0.1) is 0 Å². The van der Waals surface area contributed by atoms with E-state index in [2.05, 4.69) is 15.3 Å². The van der Waals surface area contributed by atoms with Crippen LogP contribution < -0.4 is 11.1 Å². The average molecular weight is 348 g/mol. The normalized spacial score (nSPS) is 11.5. The molecular weight excluding hydrogens is 328 g/mol. The topological polar surface area (TPSA) is 101 Å². The molecule has 0 aliphatic rings. The third kappa shape index (κ3) is 3.80. The molecule has 4 N–H and O–H groups in total. The molecule has 3 aromatic rings. The highest BCUT2D eigenvalue weighted by atomic mass is 16.1. The van der Waals surface area contributed by atoms with Crippen molar-refractivity contribution in [2.75, 3.05) is 5.32 Å². The van der Waals surface area contributed by atoms with Gasteiger partial charge in [-0.25, -0.2) is 4.98 Å². The van der Waals surface area contributed by atoms with Crippen molar-refractivity contribution in [2.24, 2.45) is 5.73 Å². The summed E-state index contributed by atoms with van der Waals surface area (Å²) in [5.74, 6) is -0.561. The molecule has 6 heteroatoms. The molecule has 2 heterocycles. The van der Waals surface area contributed by atoms with Crippen LogP contribution in [0.2, 0.25) is 0 Å². The Balaban J connectivity index is 2.01. The molecular formula is C20H20N4O2. The van der Waals surface area contributed by atoms with E-state index in [0.29, 0.717) is 23.3 Å². The van der Waals surface area contributed by atoms with Gasteiger partial charge >= 0.3 is 0 Å². The number of benzene rings is 1. The highest BCUT2D eigenvalue weighted by molar-refractivity contribution is 6.24. The van der Waals surface area contributed by atoms with Crippen LogP contribution in [0.25, 0.3) is 22.7 Å². The number of hydrogen-bond acceptors (Lipinski definition) is 3. The third-order valence-corrected chi connectivity index (χ3v) is 3.97. The summed E-state index contributed by atoms with van der Waals surface area (Å²) in [5, 5.41) is 3.63. The number of carbonyl (C=O) groups is 2. The van der Waals surface area contributed by atoms with Gasteiger partial charge in [-0.2, -0.15) is 0 Å². The number of nitrogens with zero attached hydrogens (tertiary/aromatic N) is 1. The van der Waals surface area contributed by atoms with Crippen molar-refractivity contribution in [3.8, 4) is 0 Å². The quantitative estimate of drug-likeness (QED) is 0.596. The van der Waals surface area contributed by atoms with Gasteiger partial charge in [0.05, 0.1) is 11.9 Å². The predicted octanol–water partition coefficient (Wildman–Crippen LogP) is 3.33. The Bertz CT molecular complexity index is 974. The molecule has 0 bridgehead atoms. The molecule has 1 aromatic carbocycles. The Hall–Kier alpha value is -3.41. The summed E-state index contributed by atoms with van der Waals surface area (Å²) in [6.45, 7) is 1.95. The SMILES string of the molecule is CCCC(=O)Nc1cnc2[nH]cc(C=C(C(N)=O)c3ccccc3)c2c1. The van der Waals surface area contributed by atoms with E-state index in [1.54, 1.807) is 18.5 Å². The maximum atomic E-state index is 11.9. The number of aromatic amines is 1. The predicted molar refractivity (Wildman–Crippen MR) is 103 cm³/mol. The molecule has 0 spiro atoms. The van der Waals surface area contributed by atoms with Gasteiger partial charge in [-0.15, -0.1) is 0 Å². The van der Waals surface area contributed by atoms with Crippen LogP contribution in [0.5, 0.6) is 0 Å². The highest BCUT2D eigenvalue weighted by Crippen LogP contribution is 2.25. The molecule has 0 unspecified atom stereocenters. The lowest BCUT2D eigenvalue weighted by atomic mass is 10.0. The highest BCUT2D eigenvalue weighted by Gasteiger charge is 2.11. The van der Waals surface area contributed by atoms with E-state index in [-0.39, 0.29) is 5.91 Å². The number of aromatic nitrogens is 2. The number of H-pyrrole nitrogens is 1. The lowest BCUT2D eigenvalue weighted by Gasteiger charge is -2.05. The Labute approximate surface area is 151 Å². The second kappa shape index (κ2) is 7.65. The van der Waals surface area contributed by atoms with Crippen molar-refractivity contribution in [3.63, 3.8) is 0 Å². The van der Waals surface area contributed by atoms with Gasteiger partial charge in [0.15, 0.2) is 0 Å². The Morgan fingerprint density at radius 3 is 2.73 bits per heavy atom. The molecule has 0 aliphatic heterocycles. The minimum absolute atomic E-state index is 0.0524. The molecule has 6 nitrogen and oxygen atoms in total. The number of fused-ring (bicyclic) bond motifs is 1. The van der Waals surface area contributed by atoms with Crippen LogP contribution in [0.1, 0.15) is 30.9 Å². The van der Waals surface area contributed by atoms with Crippen molar-refractivity contribution in [2.45, 2.75) is 19.8 Å². The number of nitrogens with two attached hydrogens (primary N) is 1. The summed E-state index contributed by atoms with van der Waals surface area (Å²) in [5.41, 5.74) is 8.78. The summed E-state index contributed by atoms with van der Waals surface area (Å²) in [6, 6.07) is 11.1. The van der Waals surface area contributed by atoms with Crippen LogP contribution in [0.4, 0.5) is 5.69 Å². The number of nitrogens with one attached hydrogen (secondary N) is 2. The van der Waals surface area contributed by atoms with Crippen LogP contribution in [0.15, 0.2) is 48.8 Å². The first-order chi connectivity index (χ1) is 12.6. The fourth-order valence-electron chi connectivity index (χ4n) is 2.73. The van der Waals surface area contributed by atoms with Gasteiger partial charge in [-0.1, -0.05) is 37.3 Å². The van der Waals surface area contributed by atoms with Crippen molar-refractivity contribution in [3.05, 3.63) is 59.9 Å². The van der Waals surface area contributed by atoms with E-state index in [1.807, 2.05) is 43.3 Å². The van der Waals surface area contributed by atoms with E-state index in [4.69, 9.17) is 5.73 Å². The van der Waals surface area contributed by atoms with E-state index in [0.717, 1.165) is 22.9 Å². The minimum atomic E-state index is -0.508. The number of amides is 2. The van der Waals surface area contributed by atoms with Crippen molar-refractivity contribution < 1.29 is 9.59 Å². The zero-order valence-corrected chi connectivity index (χ0v) is 14.5. The van der Waals surface area contributed by atoms with Crippen LogP contribution >= 0.6 is 0 Å². The minimum Gasteiger partial charge on any atom is -0.366 e. The van der Waals surface area contributed by atoms with E-state index >= 15 is 0 Å². The van der Waals surface area contributed by atoms with Crippen LogP contribution in [0.3, 0.4) is 0 Å². The number of rotatable bonds is 6. The van der Waals surface area contributed by atoms with Gasteiger partial charge in [0.25, 0.3) is 0 Å². The first-order valence-electron chi connectivity index (χ1n) is 8.42. The van der Waals surface area contributed by atoms with Crippen molar-refractivity contribution >= 4 is 40.2 Å². The molecule has 26 heavy (non-hydrogen) atoms. The molecule has 2 aromatic heterocycles. The molecule has 0 radical (unpaired) electrons. The van der Waals surface area contributed by atoms with E-state index < -0.39 is 5.91 Å². The molecule has 0 saturated carbocycles. The maximum absolute atomic E-state index is 11.9. The standard InChI is InChI=1S/C20H20N4O2/c1-2-6-18(25)24-15-10-17-14(11-22-20(17)23-12-15)9-16(19(21)26)13-7-4-3-5-8-13/h3-5,7-12H,2,6H2,1H3,(H2,21,26)(H,22,23)(H,24,25). The Morgan fingerprint density at radius 1 is 1.27 bits per heavy atom. The molecule has 132 valence electrons. The fraction of sp³-hybridized carbons (Fsp3) is 0.150. The Kier molecular flexibility index (Phi) is 5.12. The van der Waals surface area contributed by atoms with Gasteiger partial charge in [0.1, 0.15) is 5.65 Å². The van der Waals surface area contributed by atoms with Gasteiger partial charge in [-0.05, 0) is 24.1 Å². The second-order valence-electron chi connectivity index (χ2n) is 5.95. The lowest BCUT2D eigenvalue weighted by Crippen LogP contribution is -2.12. The molecule has 0 saturated heterocycles. The number of hydrogen-bond donors (Lipinski definition) is 3. The average Bonchev–Trinajstić information content (AvgIpc) is 3.02. The number of primary amides is 1. The molecule has 0 aliphatic carbocycles. The summed E-state index contributed by atoms with van der Waals surface area (Å²) >= 11 is 0. The molecule has 2 amide bonds. The molecule has 0 fully saturated rings. The van der Waals surface area contributed by atoms with Crippen molar-refractivity contribution in [1.82, 2.24) is 9.97 Å². The number of pyridine rings is 1. The number of carbonyl (C=O) groups excluding carboxylic acids is 2. The zero-order valence-electron chi connectivity index (χ0n) is 14.5. The van der Waals surface area contributed by atoms with Gasteiger partial charge in [-0.3, -0.25) is 9.59 Å². The van der Waals surface area contributed by atoms with Gasteiger partial charge in [0.2, 0.25) is 11.8 Å². The van der Waals surface area contributed by atoms with Crippen LogP contribution in [-0.2, 0) is 9.59 Å². The first kappa shape index (κ1) is 17.4. The summed E-state index contributed by atoms with van der Waals surface area (Å²) < 4.78 is 0. The first-order valence-corrected chi connectivity index (χ1v) is 8.42. The monoisotopic (exact) mass is 348 g/mol. The van der Waals surface area contributed by atoms with Crippen LogP contribution in [-0.4, -0.2) is 21.8 Å². The maximum Gasteiger partial charge on any atom is 0.249 e. The lowest BCUT2D eigenvalue weighted by molar-refractivity contribution is -0.116. The fourth-order valence-corrected chi connectivity index (χ4v) is 2.73. The number of anilines is 1. The zero-order chi connectivity index (χ0) is 18.5. The molecule has 0 atom stereocenters. The summed E-state index contributed by atoms with van der Waals surface area (Å²) in [6.07, 6.45) is 6.33. The van der Waals surface area contributed by atoms with Gasteiger partial charge < -0.3 is 16.0 Å². The Morgan fingerprint density at radius 2 is 2.04 bits per heavy atom. The summed E-state index contributed by atoms with van der Waals surface area (Å²) in [4.78, 5) is 31.1. The summed E-state index contributed by atoms with van der Waals surface area (Å²) in [7, 11) is 0. The smallest absolute Gasteiger partial charge is 0.249 e. The molecule has 3 rings (SSSR count). The third-order valence-electron chi connectivity index (χ3n) is 3.97. The second-order valence-corrected chi connectivity index (χ2v) is 5.95. The van der Waals surface area contributed by atoms with E-state index in [1.165, 1.54) is 0 Å². The van der Waals surface area contributed by atoms with Crippen molar-refractivity contribution in [1.29, 1.82) is 0 Å².